The van der Waals surface area contributed by atoms with Crippen molar-refractivity contribution >= 4 is 27.9 Å². The highest BCUT2D eigenvalue weighted by Gasteiger charge is 2.37. The van der Waals surface area contributed by atoms with Crippen LogP contribution in [0.25, 0.3) is 21.9 Å². The summed E-state index contributed by atoms with van der Waals surface area (Å²) < 4.78 is 0. The van der Waals surface area contributed by atoms with Gasteiger partial charge in [0.1, 0.15) is 5.75 Å². The molecular weight excluding hydrogens is 404 g/mol. The lowest BCUT2D eigenvalue weighted by atomic mass is 9.77. The number of aryl methyl sites for hydroxylation is 2. The van der Waals surface area contributed by atoms with E-state index in [1.807, 2.05) is 24.3 Å². The van der Waals surface area contributed by atoms with Gasteiger partial charge in [0.05, 0.1) is 17.4 Å². The van der Waals surface area contributed by atoms with Crippen molar-refractivity contribution in [3.8, 4) is 16.9 Å². The second kappa shape index (κ2) is 7.35. The molecule has 162 valence electrons. The van der Waals surface area contributed by atoms with Crippen LogP contribution in [0.2, 0.25) is 0 Å². The third kappa shape index (κ3) is 2.92. The molecule has 0 spiro atoms. The van der Waals surface area contributed by atoms with Crippen LogP contribution in [-0.2, 0) is 0 Å². The Morgan fingerprint density at radius 1 is 0.879 bits per heavy atom. The fourth-order valence-electron chi connectivity index (χ4n) is 5.38. The number of aromatic hydroxyl groups is 1. The summed E-state index contributed by atoms with van der Waals surface area (Å²) in [4.78, 5) is 7.40. The highest BCUT2D eigenvalue weighted by atomic mass is 16.3. The summed E-state index contributed by atoms with van der Waals surface area (Å²) in [5.74, 6) is 0.316. The number of anilines is 1. The Morgan fingerprint density at radius 2 is 1.61 bits per heavy atom. The minimum absolute atomic E-state index is 0.0580. The largest absolute Gasteiger partial charge is 0.507 e. The van der Waals surface area contributed by atoms with Gasteiger partial charge in [-0.3, -0.25) is 0 Å². The normalized spacial score (nSPS) is 17.4. The predicted molar refractivity (Wildman–Crippen MR) is 138 cm³/mol. The molecule has 0 fully saturated rings. The Morgan fingerprint density at radius 3 is 2.36 bits per heavy atom. The molecule has 0 amide bonds. The minimum atomic E-state index is 0.0580. The van der Waals surface area contributed by atoms with E-state index in [1.54, 1.807) is 0 Å². The number of rotatable bonds is 2. The topological polar surface area (TPSA) is 35.8 Å². The molecule has 0 radical (unpaired) electrons. The van der Waals surface area contributed by atoms with Gasteiger partial charge in [0.15, 0.2) is 0 Å². The Hall–Kier alpha value is -3.85. The van der Waals surface area contributed by atoms with E-state index >= 15 is 0 Å². The molecule has 0 saturated heterocycles. The van der Waals surface area contributed by atoms with Gasteiger partial charge in [-0.05, 0) is 62.1 Å². The molecule has 4 aromatic rings. The van der Waals surface area contributed by atoms with Gasteiger partial charge in [-0.2, -0.15) is 0 Å². The van der Waals surface area contributed by atoms with Gasteiger partial charge in [0, 0.05) is 34.3 Å². The summed E-state index contributed by atoms with van der Waals surface area (Å²) >= 11 is 0. The summed E-state index contributed by atoms with van der Waals surface area (Å²) in [6.07, 6.45) is 4.31. The van der Waals surface area contributed by atoms with Crippen LogP contribution in [0.1, 0.15) is 35.2 Å². The molecule has 3 nitrogen and oxygen atoms in total. The standard InChI is InChI=1S/C30H26N2O/c1-4-32-25-15-11-19(3)17-23(25)27-21-7-5-6-8-22(21)30(33)28-24(14-16-26(32)29(27)28)31-20-12-9-18(2)10-13-20/h5-17,26,33H,4H2,1-3H3. The molecule has 1 atom stereocenters. The molecule has 2 aliphatic rings. The zero-order valence-corrected chi connectivity index (χ0v) is 19.1. The molecule has 0 bridgehead atoms. The summed E-state index contributed by atoms with van der Waals surface area (Å²) in [5, 5.41) is 13.5. The van der Waals surface area contributed by atoms with E-state index in [9.17, 15) is 5.11 Å². The number of likely N-dealkylation sites (N-methyl/N-ethyl adjacent to an activating group) is 1. The van der Waals surface area contributed by atoms with Gasteiger partial charge in [0.25, 0.3) is 0 Å². The van der Waals surface area contributed by atoms with Crippen molar-refractivity contribution in [3.63, 3.8) is 0 Å². The maximum Gasteiger partial charge on any atom is 0.133 e. The van der Waals surface area contributed by atoms with Crippen molar-refractivity contribution < 1.29 is 5.11 Å². The molecule has 6 rings (SSSR count). The minimum Gasteiger partial charge on any atom is -0.507 e. The first kappa shape index (κ1) is 19.8. The first-order chi connectivity index (χ1) is 16.1. The van der Waals surface area contributed by atoms with Crippen molar-refractivity contribution in [2.75, 3.05) is 11.4 Å². The van der Waals surface area contributed by atoms with E-state index in [0.29, 0.717) is 5.75 Å². The van der Waals surface area contributed by atoms with Gasteiger partial charge in [-0.1, -0.05) is 59.7 Å². The third-order valence-electron chi connectivity index (χ3n) is 6.91. The molecule has 33 heavy (non-hydrogen) atoms. The van der Waals surface area contributed by atoms with E-state index in [0.717, 1.165) is 39.8 Å². The van der Waals surface area contributed by atoms with E-state index in [1.165, 1.54) is 27.9 Å². The maximum atomic E-state index is 11.6. The molecule has 1 N–H and O–H groups in total. The van der Waals surface area contributed by atoms with Crippen LogP contribution in [0.15, 0.2) is 83.9 Å². The van der Waals surface area contributed by atoms with E-state index in [-0.39, 0.29) is 6.04 Å². The Kier molecular flexibility index (Phi) is 4.41. The second-order valence-electron chi connectivity index (χ2n) is 9.00. The quantitative estimate of drug-likeness (QED) is 0.360. The van der Waals surface area contributed by atoms with Crippen LogP contribution in [0.4, 0.5) is 11.4 Å². The lowest BCUT2D eigenvalue weighted by molar-refractivity contribution is 0.479. The summed E-state index contributed by atoms with van der Waals surface area (Å²) in [6.45, 7) is 7.29. The number of allylic oxidation sites excluding steroid dienone is 1. The van der Waals surface area contributed by atoms with Gasteiger partial charge < -0.3 is 10.0 Å². The van der Waals surface area contributed by atoms with Crippen molar-refractivity contribution in [3.05, 3.63) is 101 Å². The fourth-order valence-corrected chi connectivity index (χ4v) is 5.38. The van der Waals surface area contributed by atoms with Crippen molar-refractivity contribution in [1.29, 1.82) is 0 Å². The van der Waals surface area contributed by atoms with Crippen LogP contribution in [0.3, 0.4) is 0 Å². The molecule has 1 aliphatic carbocycles. The van der Waals surface area contributed by atoms with Crippen molar-refractivity contribution in [1.82, 2.24) is 0 Å². The van der Waals surface area contributed by atoms with Crippen LogP contribution in [0.5, 0.6) is 5.75 Å². The maximum absolute atomic E-state index is 11.6. The Bertz CT molecular complexity index is 1480. The first-order valence-corrected chi connectivity index (χ1v) is 11.6. The Labute approximate surface area is 194 Å². The van der Waals surface area contributed by atoms with Crippen LogP contribution >= 0.6 is 0 Å². The predicted octanol–water partition coefficient (Wildman–Crippen LogP) is 7.40. The molecule has 3 heteroatoms. The number of phenolic OH excluding ortho intramolecular Hbond substituents is 1. The number of aliphatic imine (C=N–C) groups is 1. The highest BCUT2D eigenvalue weighted by molar-refractivity contribution is 6.21. The zero-order chi connectivity index (χ0) is 22.7. The van der Waals surface area contributed by atoms with Crippen molar-refractivity contribution in [2.45, 2.75) is 26.8 Å². The second-order valence-corrected chi connectivity index (χ2v) is 9.00. The fraction of sp³-hybridized carbons (Fsp3) is 0.167. The molecule has 4 aromatic carbocycles. The van der Waals surface area contributed by atoms with Gasteiger partial charge in [-0.25, -0.2) is 4.99 Å². The smallest absolute Gasteiger partial charge is 0.133 e. The molecule has 0 aromatic heterocycles. The van der Waals surface area contributed by atoms with Crippen LogP contribution < -0.4 is 4.90 Å². The molecular formula is C30H26N2O. The number of hydrogen-bond donors (Lipinski definition) is 1. The first-order valence-electron chi connectivity index (χ1n) is 11.6. The number of benzene rings is 4. The van der Waals surface area contributed by atoms with E-state index < -0.39 is 0 Å². The summed E-state index contributed by atoms with van der Waals surface area (Å²) in [5.41, 5.74) is 9.82. The third-order valence-corrected chi connectivity index (χ3v) is 6.91. The zero-order valence-electron chi connectivity index (χ0n) is 19.1. The average Bonchev–Trinajstić information content (AvgIpc) is 2.83. The number of nitrogens with zero attached hydrogens (tertiary/aromatic N) is 2. The van der Waals surface area contributed by atoms with Crippen molar-refractivity contribution in [2.24, 2.45) is 4.99 Å². The molecule has 0 saturated carbocycles. The summed E-state index contributed by atoms with van der Waals surface area (Å²) in [6, 6.07) is 23.2. The van der Waals surface area contributed by atoms with E-state index in [2.05, 4.69) is 80.3 Å². The highest BCUT2D eigenvalue weighted by Crippen LogP contribution is 2.53. The lowest BCUT2D eigenvalue weighted by Crippen LogP contribution is -2.34. The van der Waals surface area contributed by atoms with Gasteiger partial charge >= 0.3 is 0 Å². The molecule has 1 heterocycles. The van der Waals surface area contributed by atoms with Crippen LogP contribution in [0, 0.1) is 13.8 Å². The SMILES string of the molecule is CCN1c2ccc(C)cc2-c2c3c(c(O)c4ccccc24)C(=Nc2ccc(C)cc2)C=CC31. The van der Waals surface area contributed by atoms with E-state index in [4.69, 9.17) is 4.99 Å². The monoisotopic (exact) mass is 430 g/mol. The number of fused-ring (bicyclic) bond motifs is 4. The summed E-state index contributed by atoms with van der Waals surface area (Å²) in [7, 11) is 0. The average molecular weight is 431 g/mol. The van der Waals surface area contributed by atoms with Crippen LogP contribution in [-0.4, -0.2) is 17.4 Å². The number of hydrogen-bond acceptors (Lipinski definition) is 3. The van der Waals surface area contributed by atoms with Gasteiger partial charge in [-0.15, -0.1) is 0 Å². The lowest BCUT2D eigenvalue weighted by Gasteiger charge is -2.41. The Balaban J connectivity index is 1.73. The molecule has 1 unspecified atom stereocenters. The number of phenols is 1. The molecule has 1 aliphatic heterocycles. The van der Waals surface area contributed by atoms with Gasteiger partial charge in [0.2, 0.25) is 0 Å².